The summed E-state index contributed by atoms with van der Waals surface area (Å²) in [5.41, 5.74) is 4.14. The lowest BCUT2D eigenvalue weighted by atomic mass is 10.1. The molecule has 0 bridgehead atoms. The number of nitrogens with two attached hydrogens (primary N) is 1. The minimum Gasteiger partial charge on any atom is -0.312 e. The van der Waals surface area contributed by atoms with Crippen molar-refractivity contribution in [1.29, 1.82) is 0 Å². The van der Waals surface area contributed by atoms with E-state index in [9.17, 15) is 13.2 Å². The first kappa shape index (κ1) is 17.6. The monoisotopic (exact) mass is 359 g/mol. The van der Waals surface area contributed by atoms with Crippen LogP contribution in [-0.2, 0) is 27.8 Å². The summed E-state index contributed by atoms with van der Waals surface area (Å²) in [5, 5.41) is 7.18. The Labute approximate surface area is 147 Å². The normalized spacial score (nSPS) is 18.2. The number of hydrogen-bond acceptors (Lipinski definition) is 4. The van der Waals surface area contributed by atoms with Crippen LogP contribution in [0.5, 0.6) is 0 Å². The molecule has 1 atom stereocenters. The highest BCUT2D eigenvalue weighted by Crippen LogP contribution is 2.28. The third-order valence-corrected chi connectivity index (χ3v) is 5.49. The number of carbonyl (C=O) groups excluding carboxylic acids is 1. The molecule has 0 saturated carbocycles. The lowest BCUT2D eigenvalue weighted by molar-refractivity contribution is -0.116. The Balaban J connectivity index is 0.000000146. The molecule has 0 spiro atoms. The first-order valence-electron chi connectivity index (χ1n) is 8.07. The zero-order valence-corrected chi connectivity index (χ0v) is 14.8. The first-order valence-corrected chi connectivity index (χ1v) is 9.67. The summed E-state index contributed by atoms with van der Waals surface area (Å²) in [7, 11) is -3.53. The van der Waals surface area contributed by atoms with Crippen molar-refractivity contribution in [2.45, 2.75) is 25.3 Å². The first-order chi connectivity index (χ1) is 11.9. The maximum Gasteiger partial charge on any atom is 0.229 e. The van der Waals surface area contributed by atoms with Gasteiger partial charge in [-0.2, -0.15) is 0 Å². The highest BCUT2D eigenvalue weighted by atomic mass is 32.2. The molecule has 132 valence electrons. The molecule has 6 nitrogen and oxygen atoms in total. The van der Waals surface area contributed by atoms with Crippen molar-refractivity contribution in [1.82, 2.24) is 5.32 Å². The molecule has 2 heterocycles. The van der Waals surface area contributed by atoms with E-state index in [2.05, 4.69) is 11.4 Å². The van der Waals surface area contributed by atoms with Crippen LogP contribution in [0.2, 0.25) is 0 Å². The number of rotatable bonds is 1. The number of para-hydroxylation sites is 1. The Kier molecular flexibility index (Phi) is 4.89. The molecule has 0 radical (unpaired) electrons. The number of fused-ring (bicyclic) bond motifs is 2. The maximum absolute atomic E-state index is 11.1. The van der Waals surface area contributed by atoms with Gasteiger partial charge < -0.3 is 4.90 Å². The molecule has 0 fully saturated rings. The van der Waals surface area contributed by atoms with Gasteiger partial charge in [-0.3, -0.25) is 10.1 Å². The van der Waals surface area contributed by atoms with Gasteiger partial charge in [0.05, 0.1) is 0 Å². The summed E-state index contributed by atoms with van der Waals surface area (Å²) in [6.45, 7) is 3.02. The van der Waals surface area contributed by atoms with Crippen molar-refractivity contribution in [3.05, 3.63) is 65.2 Å². The Morgan fingerprint density at radius 1 is 1.12 bits per heavy atom. The molecule has 2 aromatic rings. The van der Waals surface area contributed by atoms with Crippen molar-refractivity contribution in [3.8, 4) is 0 Å². The van der Waals surface area contributed by atoms with Crippen LogP contribution < -0.4 is 15.4 Å². The average Bonchev–Trinajstić information content (AvgIpc) is 3.19. The van der Waals surface area contributed by atoms with E-state index in [1.807, 2.05) is 41.3 Å². The smallest absolute Gasteiger partial charge is 0.229 e. The summed E-state index contributed by atoms with van der Waals surface area (Å²) in [4.78, 5) is 13.0. The number of hydrogen-bond donors (Lipinski definition) is 2. The highest BCUT2D eigenvalue weighted by molar-refractivity contribution is 7.89. The molecule has 4 rings (SSSR count). The van der Waals surface area contributed by atoms with E-state index >= 15 is 0 Å². The van der Waals surface area contributed by atoms with Gasteiger partial charge in [0.15, 0.2) is 5.37 Å². The molecule has 25 heavy (non-hydrogen) atoms. The van der Waals surface area contributed by atoms with Crippen LogP contribution in [-0.4, -0.2) is 20.9 Å². The number of nitrogens with one attached hydrogen (secondary N) is 1. The van der Waals surface area contributed by atoms with E-state index < -0.39 is 15.4 Å². The fourth-order valence-corrected chi connectivity index (χ4v) is 4.12. The largest absolute Gasteiger partial charge is 0.312 e. The molecule has 3 N–H and O–H groups in total. The lowest BCUT2D eigenvalue weighted by Gasteiger charge is -2.13. The summed E-state index contributed by atoms with van der Waals surface area (Å²) < 4.78 is 22.2. The van der Waals surface area contributed by atoms with E-state index in [0.717, 1.165) is 29.8 Å². The average molecular weight is 359 g/mol. The van der Waals surface area contributed by atoms with Crippen LogP contribution in [0.4, 0.5) is 5.69 Å². The van der Waals surface area contributed by atoms with Gasteiger partial charge in [0.2, 0.25) is 15.9 Å². The van der Waals surface area contributed by atoms with Gasteiger partial charge in [-0.05, 0) is 29.2 Å². The Bertz CT molecular complexity index is 896. The zero-order valence-electron chi connectivity index (χ0n) is 14.0. The van der Waals surface area contributed by atoms with Crippen LogP contribution in [0.3, 0.4) is 0 Å². The minimum absolute atomic E-state index is 0.139. The van der Waals surface area contributed by atoms with E-state index in [-0.39, 0.29) is 5.91 Å². The van der Waals surface area contributed by atoms with Crippen LogP contribution >= 0.6 is 0 Å². The second-order valence-corrected chi connectivity index (χ2v) is 7.75. The van der Waals surface area contributed by atoms with Crippen LogP contribution in [0.25, 0.3) is 0 Å². The fourth-order valence-electron chi connectivity index (χ4n) is 3.22. The fraction of sp³-hybridized carbons (Fsp3) is 0.278. The van der Waals surface area contributed by atoms with Gasteiger partial charge in [0.25, 0.3) is 0 Å². The number of sulfonamides is 1. The van der Waals surface area contributed by atoms with Crippen molar-refractivity contribution < 1.29 is 13.2 Å². The van der Waals surface area contributed by atoms with Gasteiger partial charge >= 0.3 is 0 Å². The number of amides is 1. The third-order valence-electron chi connectivity index (χ3n) is 4.41. The van der Waals surface area contributed by atoms with E-state index in [1.54, 1.807) is 13.0 Å². The van der Waals surface area contributed by atoms with Gasteiger partial charge in [-0.25, -0.2) is 13.6 Å². The number of primary sulfonamides is 1. The quantitative estimate of drug-likeness (QED) is 0.810. The number of benzene rings is 2. The Morgan fingerprint density at radius 2 is 1.76 bits per heavy atom. The van der Waals surface area contributed by atoms with E-state index in [1.165, 1.54) is 5.56 Å². The Hall–Kier alpha value is -2.22. The number of anilines is 1. The molecule has 2 aromatic carbocycles. The van der Waals surface area contributed by atoms with Gasteiger partial charge in [-0.15, -0.1) is 0 Å². The predicted molar refractivity (Wildman–Crippen MR) is 97.3 cm³/mol. The molecule has 7 heteroatoms. The van der Waals surface area contributed by atoms with E-state index in [4.69, 9.17) is 5.14 Å². The molecular formula is C18H21N3O3S. The van der Waals surface area contributed by atoms with Crippen molar-refractivity contribution in [3.63, 3.8) is 0 Å². The topological polar surface area (TPSA) is 92.5 Å². The summed E-state index contributed by atoms with van der Waals surface area (Å²) in [5.74, 6) is 0.139. The predicted octanol–water partition coefficient (Wildman–Crippen LogP) is 1.67. The molecule has 2 aliphatic rings. The second-order valence-electron chi connectivity index (χ2n) is 6.10. The molecule has 0 aromatic heterocycles. The highest BCUT2D eigenvalue weighted by Gasteiger charge is 2.29. The molecule has 1 amide bonds. The number of carbonyl (C=O) groups is 1. The van der Waals surface area contributed by atoms with Crippen LogP contribution in [0.15, 0.2) is 48.5 Å². The van der Waals surface area contributed by atoms with Gasteiger partial charge in [0, 0.05) is 25.7 Å². The SMILES string of the molecule is CC(=O)N1CCc2ccccc21.NS(=O)(=O)C1NCc2ccccc21. The third kappa shape index (κ3) is 3.73. The van der Waals surface area contributed by atoms with Gasteiger partial charge in [-0.1, -0.05) is 42.5 Å². The zero-order chi connectivity index (χ0) is 18.0. The van der Waals surface area contributed by atoms with Crippen molar-refractivity contribution in [2.75, 3.05) is 11.4 Å². The molecule has 1 unspecified atom stereocenters. The minimum atomic E-state index is -3.53. The Morgan fingerprint density at radius 3 is 2.44 bits per heavy atom. The van der Waals surface area contributed by atoms with E-state index in [0.29, 0.717) is 6.54 Å². The van der Waals surface area contributed by atoms with Crippen LogP contribution in [0.1, 0.15) is 29.0 Å². The summed E-state index contributed by atoms with van der Waals surface area (Å²) in [6.07, 6.45) is 0.996. The van der Waals surface area contributed by atoms with Crippen molar-refractivity contribution >= 4 is 21.6 Å². The molecule has 0 aliphatic carbocycles. The second kappa shape index (κ2) is 6.95. The molecular weight excluding hydrogens is 338 g/mol. The van der Waals surface area contributed by atoms with Crippen molar-refractivity contribution in [2.24, 2.45) is 5.14 Å². The van der Waals surface area contributed by atoms with Gasteiger partial charge in [0.1, 0.15) is 0 Å². The lowest BCUT2D eigenvalue weighted by Crippen LogP contribution is -2.28. The molecule has 2 aliphatic heterocycles. The summed E-state index contributed by atoms with van der Waals surface area (Å²) >= 11 is 0. The molecule has 0 saturated heterocycles. The standard InChI is InChI=1S/C10H11NO.C8H10N2O2S/c1-8(12)11-7-6-9-4-2-3-5-10(9)11;9-13(11,12)8-7-4-2-1-3-6(7)5-10-8/h2-5H,6-7H2,1H3;1-4,8,10H,5H2,(H2,9,11,12). The summed E-state index contributed by atoms with van der Waals surface area (Å²) in [6, 6.07) is 15.4. The maximum atomic E-state index is 11.1. The van der Waals surface area contributed by atoms with Crippen LogP contribution in [0, 0.1) is 0 Å². The number of nitrogens with zero attached hydrogens (tertiary/aromatic N) is 1.